The van der Waals surface area contributed by atoms with Gasteiger partial charge in [0.25, 0.3) is 0 Å². The molecule has 1 amide bonds. The van der Waals surface area contributed by atoms with Crippen LogP contribution in [-0.4, -0.2) is 19.2 Å². The Bertz CT molecular complexity index is 1030. The Morgan fingerprint density at radius 2 is 1.76 bits per heavy atom. The molecular weight excluding hydrogens is 407 g/mol. The van der Waals surface area contributed by atoms with Gasteiger partial charge in [-0.1, -0.05) is 11.6 Å². The van der Waals surface area contributed by atoms with Crippen LogP contribution in [0.3, 0.4) is 0 Å². The van der Waals surface area contributed by atoms with Crippen molar-refractivity contribution in [3.63, 3.8) is 0 Å². The molecule has 5 nitrogen and oxygen atoms in total. The number of hydrogen-bond acceptors (Lipinski definition) is 4. The number of aryl methyl sites for hydroxylation is 1. The third-order valence-electron chi connectivity index (χ3n) is 4.88. The van der Waals surface area contributed by atoms with Gasteiger partial charge in [0.1, 0.15) is 19.6 Å². The first-order valence-electron chi connectivity index (χ1n) is 9.54. The Morgan fingerprint density at radius 3 is 2.38 bits per heavy atom. The molecule has 1 unspecified atom stereocenters. The van der Waals surface area contributed by atoms with Crippen molar-refractivity contribution in [3.8, 4) is 5.75 Å². The number of carbonyl (C=O) groups is 1. The van der Waals surface area contributed by atoms with Gasteiger partial charge in [-0.3, -0.25) is 0 Å². The standard InChI is InChI=1S/C22H22ClN2O3P/c1-4-24(5-2)18-11-12-20-19(14-18)28-22(26)25(17-9-7-16(23)8-10-17)29(20)21-13-6-15(3)27-21/h6-14H,4-5H2,1-3H3. The van der Waals surface area contributed by atoms with Crippen LogP contribution in [0, 0.1) is 6.92 Å². The van der Waals surface area contributed by atoms with Gasteiger partial charge in [-0.05, 0) is 69.3 Å². The molecule has 0 aliphatic carbocycles. The number of anilines is 2. The predicted molar refractivity (Wildman–Crippen MR) is 120 cm³/mol. The number of hydrogen-bond donors (Lipinski definition) is 0. The predicted octanol–water partition coefficient (Wildman–Crippen LogP) is 5.45. The lowest BCUT2D eigenvalue weighted by molar-refractivity contribution is 0.211. The van der Waals surface area contributed by atoms with Gasteiger partial charge < -0.3 is 14.1 Å². The van der Waals surface area contributed by atoms with E-state index in [0.29, 0.717) is 10.8 Å². The van der Waals surface area contributed by atoms with E-state index in [1.165, 1.54) is 0 Å². The highest BCUT2D eigenvalue weighted by Crippen LogP contribution is 2.48. The second-order valence-corrected chi connectivity index (χ2v) is 9.06. The highest BCUT2D eigenvalue weighted by molar-refractivity contribution is 7.75. The van der Waals surface area contributed by atoms with E-state index < -0.39 is 14.2 Å². The molecule has 0 N–H and O–H groups in total. The van der Waals surface area contributed by atoms with Crippen molar-refractivity contribution >= 4 is 47.9 Å². The lowest BCUT2D eigenvalue weighted by atomic mass is 10.2. The first kappa shape index (κ1) is 19.8. The maximum absolute atomic E-state index is 13.1. The van der Waals surface area contributed by atoms with Crippen LogP contribution in [0.25, 0.3) is 0 Å². The minimum absolute atomic E-state index is 0.420. The monoisotopic (exact) mass is 428 g/mol. The summed E-state index contributed by atoms with van der Waals surface area (Å²) in [6, 6.07) is 17.1. The Hall–Kier alpha value is -2.49. The third kappa shape index (κ3) is 3.73. The molecule has 1 aliphatic heterocycles. The van der Waals surface area contributed by atoms with Crippen molar-refractivity contribution in [2.45, 2.75) is 20.8 Å². The quantitative estimate of drug-likeness (QED) is 0.507. The number of nitrogens with zero attached hydrogens (tertiary/aromatic N) is 2. The summed E-state index contributed by atoms with van der Waals surface area (Å²) in [4.78, 5) is 15.3. The Morgan fingerprint density at radius 1 is 1.03 bits per heavy atom. The van der Waals surface area contributed by atoms with E-state index in [4.69, 9.17) is 20.8 Å². The maximum Gasteiger partial charge on any atom is 0.423 e. The fraction of sp³-hybridized carbons (Fsp3) is 0.227. The first-order valence-corrected chi connectivity index (χ1v) is 11.2. The average molecular weight is 429 g/mol. The number of benzene rings is 2. The number of furan rings is 1. The zero-order chi connectivity index (χ0) is 20.5. The van der Waals surface area contributed by atoms with Crippen LogP contribution in [0.1, 0.15) is 19.6 Å². The molecule has 4 rings (SSSR count). The molecule has 0 saturated carbocycles. The lowest BCUT2D eigenvalue weighted by Gasteiger charge is -2.35. The van der Waals surface area contributed by atoms with Crippen LogP contribution in [-0.2, 0) is 0 Å². The summed E-state index contributed by atoms with van der Waals surface area (Å²) >= 11 is 6.05. The van der Waals surface area contributed by atoms with E-state index in [1.54, 1.807) is 16.8 Å². The van der Waals surface area contributed by atoms with Crippen molar-refractivity contribution in [1.82, 2.24) is 0 Å². The topological polar surface area (TPSA) is 45.9 Å². The van der Waals surface area contributed by atoms with E-state index in [1.807, 2.05) is 43.3 Å². The van der Waals surface area contributed by atoms with Gasteiger partial charge >= 0.3 is 6.09 Å². The number of amides is 1. The fourth-order valence-corrected chi connectivity index (χ4v) is 5.75. The molecular formula is C22H22ClN2O3P. The molecule has 0 bridgehead atoms. The van der Waals surface area contributed by atoms with E-state index in [0.717, 1.165) is 41.0 Å². The highest BCUT2D eigenvalue weighted by Gasteiger charge is 2.39. The van der Waals surface area contributed by atoms with Gasteiger partial charge in [0, 0.05) is 35.2 Å². The summed E-state index contributed by atoms with van der Waals surface area (Å²) in [6.45, 7) is 7.88. The molecule has 0 fully saturated rings. The highest BCUT2D eigenvalue weighted by atomic mass is 35.5. The van der Waals surface area contributed by atoms with Gasteiger partial charge in [0.05, 0.1) is 5.69 Å². The molecule has 1 aliphatic rings. The molecule has 1 aromatic heterocycles. The summed E-state index contributed by atoms with van der Waals surface area (Å²) < 4.78 is 13.4. The van der Waals surface area contributed by atoms with E-state index >= 15 is 0 Å². The number of fused-ring (bicyclic) bond motifs is 1. The zero-order valence-corrected chi connectivity index (χ0v) is 18.2. The minimum atomic E-state index is -1.26. The molecule has 1 atom stereocenters. The molecule has 0 spiro atoms. The summed E-state index contributed by atoms with van der Waals surface area (Å²) in [5.74, 6) is 1.39. The lowest BCUT2D eigenvalue weighted by Crippen LogP contribution is -2.41. The van der Waals surface area contributed by atoms with Crippen molar-refractivity contribution < 1.29 is 13.9 Å². The number of ether oxygens (including phenoxy) is 1. The van der Waals surface area contributed by atoms with Crippen LogP contribution < -0.4 is 25.1 Å². The van der Waals surface area contributed by atoms with E-state index in [9.17, 15) is 4.79 Å². The molecule has 150 valence electrons. The van der Waals surface area contributed by atoms with Crippen LogP contribution in [0.5, 0.6) is 5.75 Å². The van der Waals surface area contributed by atoms with Crippen LogP contribution >= 0.6 is 19.7 Å². The largest absolute Gasteiger partial charge is 0.460 e. The van der Waals surface area contributed by atoms with Crippen molar-refractivity contribution in [2.75, 3.05) is 22.7 Å². The Labute approximate surface area is 176 Å². The van der Waals surface area contributed by atoms with Crippen LogP contribution in [0.2, 0.25) is 5.02 Å². The number of halogens is 1. The molecule has 0 saturated heterocycles. The molecule has 3 aromatic rings. The third-order valence-corrected chi connectivity index (χ3v) is 7.41. The zero-order valence-electron chi connectivity index (χ0n) is 16.6. The molecule has 0 radical (unpaired) electrons. The normalized spacial score (nSPS) is 15.8. The molecule has 2 heterocycles. The average Bonchev–Trinajstić information content (AvgIpc) is 3.14. The SMILES string of the molecule is CCN(CC)c1ccc2c(c1)OC(=O)N(c1ccc(Cl)cc1)P2c1ccc(C)o1. The Balaban J connectivity index is 1.85. The van der Waals surface area contributed by atoms with Crippen LogP contribution in [0.4, 0.5) is 16.2 Å². The minimum Gasteiger partial charge on any atom is -0.460 e. The maximum atomic E-state index is 13.1. The van der Waals surface area contributed by atoms with Gasteiger partial charge in [0.15, 0.2) is 5.50 Å². The second-order valence-electron chi connectivity index (χ2n) is 6.68. The summed E-state index contributed by atoms with van der Waals surface area (Å²) in [5.41, 5.74) is 2.51. The van der Waals surface area contributed by atoms with Gasteiger partial charge in [0.2, 0.25) is 0 Å². The first-order chi connectivity index (χ1) is 14.0. The fourth-order valence-electron chi connectivity index (χ4n) is 3.43. The molecule has 7 heteroatoms. The molecule has 2 aromatic carbocycles. The Kier molecular flexibility index (Phi) is 5.53. The summed E-state index contributed by atoms with van der Waals surface area (Å²) in [5, 5.41) is 1.56. The van der Waals surface area contributed by atoms with Gasteiger partial charge in [-0.25, -0.2) is 9.46 Å². The van der Waals surface area contributed by atoms with Crippen molar-refractivity contribution in [2.24, 2.45) is 0 Å². The van der Waals surface area contributed by atoms with Gasteiger partial charge in [-0.15, -0.1) is 0 Å². The van der Waals surface area contributed by atoms with E-state index in [-0.39, 0.29) is 0 Å². The summed E-state index contributed by atoms with van der Waals surface area (Å²) in [7, 11) is -1.26. The number of rotatable bonds is 5. The molecule has 29 heavy (non-hydrogen) atoms. The van der Waals surface area contributed by atoms with Crippen molar-refractivity contribution in [3.05, 3.63) is 65.4 Å². The van der Waals surface area contributed by atoms with Crippen molar-refractivity contribution in [1.29, 1.82) is 0 Å². The summed E-state index contributed by atoms with van der Waals surface area (Å²) in [6.07, 6.45) is -0.420. The smallest absolute Gasteiger partial charge is 0.423 e. The second kappa shape index (κ2) is 8.10. The number of carbonyl (C=O) groups excluding carboxylic acids is 1. The van der Waals surface area contributed by atoms with E-state index in [2.05, 4.69) is 24.8 Å². The van der Waals surface area contributed by atoms with Gasteiger partial charge in [-0.2, -0.15) is 0 Å². The van der Waals surface area contributed by atoms with Crippen LogP contribution in [0.15, 0.2) is 59.0 Å².